The first-order valence-electron chi connectivity index (χ1n) is 8.85. The Kier molecular flexibility index (Phi) is 3.80. The summed E-state index contributed by atoms with van der Waals surface area (Å²) in [6, 6.07) is 22.6. The number of imidazole rings is 1. The molecule has 0 aliphatic carbocycles. The quantitative estimate of drug-likeness (QED) is 0.495. The standard InChI is InChI=1S/C22H15N5O/c28-21(27-22-25-18-10-3-4-11-19(18)26-22)15-13-20(17-9-5-6-12-23-17)24-16-8-2-1-7-14(15)16/h1-13H,(H2,25,26,27,28). The van der Waals surface area contributed by atoms with Crippen LogP contribution in [0, 0.1) is 0 Å². The summed E-state index contributed by atoms with van der Waals surface area (Å²) in [6.45, 7) is 0. The number of hydrogen-bond donors (Lipinski definition) is 2. The zero-order valence-electron chi connectivity index (χ0n) is 14.8. The summed E-state index contributed by atoms with van der Waals surface area (Å²) in [6.07, 6.45) is 1.71. The molecule has 3 aromatic heterocycles. The van der Waals surface area contributed by atoms with E-state index < -0.39 is 0 Å². The highest BCUT2D eigenvalue weighted by atomic mass is 16.1. The summed E-state index contributed by atoms with van der Waals surface area (Å²) in [5.74, 6) is 0.154. The topological polar surface area (TPSA) is 83.6 Å². The first-order chi connectivity index (χ1) is 13.8. The Balaban J connectivity index is 1.59. The fraction of sp³-hybridized carbons (Fsp3) is 0. The molecule has 0 atom stereocenters. The summed E-state index contributed by atoms with van der Waals surface area (Å²) in [5, 5.41) is 3.64. The molecule has 3 heterocycles. The molecule has 0 fully saturated rings. The summed E-state index contributed by atoms with van der Waals surface area (Å²) in [4.78, 5) is 29.6. The second-order valence-corrected chi connectivity index (χ2v) is 6.34. The van der Waals surface area contributed by atoms with Crippen LogP contribution in [0.4, 0.5) is 5.95 Å². The van der Waals surface area contributed by atoms with Gasteiger partial charge in [-0.15, -0.1) is 0 Å². The van der Waals surface area contributed by atoms with Gasteiger partial charge in [0.2, 0.25) is 5.95 Å². The number of rotatable bonds is 3. The lowest BCUT2D eigenvalue weighted by Crippen LogP contribution is -2.14. The molecule has 134 valence electrons. The predicted molar refractivity (Wildman–Crippen MR) is 109 cm³/mol. The molecule has 5 aromatic rings. The van der Waals surface area contributed by atoms with Crippen LogP contribution < -0.4 is 5.32 Å². The fourth-order valence-corrected chi connectivity index (χ4v) is 3.20. The zero-order chi connectivity index (χ0) is 18.9. The highest BCUT2D eigenvalue weighted by molar-refractivity contribution is 6.12. The highest BCUT2D eigenvalue weighted by Gasteiger charge is 2.16. The number of fused-ring (bicyclic) bond motifs is 2. The van der Waals surface area contributed by atoms with Gasteiger partial charge in [0.25, 0.3) is 5.91 Å². The number of para-hydroxylation sites is 3. The van der Waals surface area contributed by atoms with Gasteiger partial charge in [0.05, 0.1) is 33.5 Å². The van der Waals surface area contributed by atoms with Crippen LogP contribution in [-0.2, 0) is 0 Å². The van der Waals surface area contributed by atoms with Crippen molar-refractivity contribution in [2.75, 3.05) is 5.32 Å². The minimum absolute atomic E-state index is 0.255. The number of hydrogen-bond acceptors (Lipinski definition) is 4. The third-order valence-electron chi connectivity index (χ3n) is 4.51. The molecule has 28 heavy (non-hydrogen) atoms. The summed E-state index contributed by atoms with van der Waals surface area (Å²) >= 11 is 0. The monoisotopic (exact) mass is 365 g/mol. The first-order valence-corrected chi connectivity index (χ1v) is 8.85. The van der Waals surface area contributed by atoms with Crippen molar-refractivity contribution in [2.24, 2.45) is 0 Å². The van der Waals surface area contributed by atoms with E-state index in [1.54, 1.807) is 12.3 Å². The number of nitrogens with one attached hydrogen (secondary N) is 2. The molecule has 0 unspecified atom stereocenters. The van der Waals surface area contributed by atoms with E-state index in [2.05, 4.69) is 25.3 Å². The smallest absolute Gasteiger partial charge is 0.258 e. The van der Waals surface area contributed by atoms with E-state index in [1.165, 1.54) is 0 Å². The lowest BCUT2D eigenvalue weighted by Gasteiger charge is -2.09. The highest BCUT2D eigenvalue weighted by Crippen LogP contribution is 2.24. The number of carbonyl (C=O) groups is 1. The van der Waals surface area contributed by atoms with Crippen LogP contribution in [0.25, 0.3) is 33.3 Å². The number of anilines is 1. The van der Waals surface area contributed by atoms with Gasteiger partial charge in [0, 0.05) is 11.6 Å². The normalized spacial score (nSPS) is 11.0. The van der Waals surface area contributed by atoms with Crippen LogP contribution in [0.2, 0.25) is 0 Å². The third-order valence-corrected chi connectivity index (χ3v) is 4.51. The number of aromatic nitrogens is 4. The molecule has 6 nitrogen and oxygen atoms in total. The average Bonchev–Trinajstić information content (AvgIpc) is 3.15. The lowest BCUT2D eigenvalue weighted by atomic mass is 10.1. The number of benzene rings is 2. The predicted octanol–water partition coefficient (Wildman–Crippen LogP) is 4.43. The molecule has 6 heteroatoms. The Hall–Kier alpha value is -4.06. The summed E-state index contributed by atoms with van der Waals surface area (Å²) in [5.41, 5.74) is 4.28. The Morgan fingerprint density at radius 3 is 2.43 bits per heavy atom. The molecule has 1 amide bonds. The number of amides is 1. The number of H-pyrrole nitrogens is 1. The van der Waals surface area contributed by atoms with Gasteiger partial charge in [-0.05, 0) is 36.4 Å². The van der Waals surface area contributed by atoms with Gasteiger partial charge in [-0.3, -0.25) is 15.1 Å². The van der Waals surface area contributed by atoms with Gasteiger partial charge in [0.1, 0.15) is 0 Å². The maximum absolute atomic E-state index is 13.1. The number of carbonyl (C=O) groups excluding carboxylic acids is 1. The molecule has 0 bridgehead atoms. The maximum atomic E-state index is 13.1. The number of nitrogens with zero attached hydrogens (tertiary/aromatic N) is 3. The van der Waals surface area contributed by atoms with Crippen LogP contribution >= 0.6 is 0 Å². The Bertz CT molecular complexity index is 1280. The van der Waals surface area contributed by atoms with E-state index in [-0.39, 0.29) is 5.91 Å². The van der Waals surface area contributed by atoms with E-state index in [9.17, 15) is 4.79 Å². The van der Waals surface area contributed by atoms with Gasteiger partial charge in [-0.2, -0.15) is 0 Å². The van der Waals surface area contributed by atoms with Crippen LogP contribution in [0.15, 0.2) is 79.0 Å². The molecule has 2 aromatic carbocycles. The molecular formula is C22H15N5O. The summed E-state index contributed by atoms with van der Waals surface area (Å²) < 4.78 is 0. The fourth-order valence-electron chi connectivity index (χ4n) is 3.20. The second kappa shape index (κ2) is 6.59. The van der Waals surface area contributed by atoms with E-state index in [1.807, 2.05) is 66.7 Å². The minimum Gasteiger partial charge on any atom is -0.324 e. The van der Waals surface area contributed by atoms with Crippen molar-refractivity contribution >= 4 is 33.8 Å². The first kappa shape index (κ1) is 16.1. The van der Waals surface area contributed by atoms with Crippen molar-refractivity contribution in [1.29, 1.82) is 0 Å². The Labute approximate surface area is 160 Å². The van der Waals surface area contributed by atoms with E-state index in [4.69, 9.17) is 0 Å². The van der Waals surface area contributed by atoms with Crippen LogP contribution in [0.1, 0.15) is 10.4 Å². The number of aromatic amines is 1. The Morgan fingerprint density at radius 2 is 1.61 bits per heavy atom. The van der Waals surface area contributed by atoms with Crippen LogP contribution in [0.5, 0.6) is 0 Å². The van der Waals surface area contributed by atoms with Gasteiger partial charge in [-0.1, -0.05) is 36.4 Å². The molecule has 0 aliphatic rings. The lowest BCUT2D eigenvalue weighted by molar-refractivity contribution is 0.102. The Morgan fingerprint density at radius 1 is 0.821 bits per heavy atom. The average molecular weight is 365 g/mol. The molecule has 2 N–H and O–H groups in total. The van der Waals surface area contributed by atoms with Crippen molar-refractivity contribution in [1.82, 2.24) is 19.9 Å². The van der Waals surface area contributed by atoms with Crippen molar-refractivity contribution in [3.05, 3.63) is 84.6 Å². The zero-order valence-corrected chi connectivity index (χ0v) is 14.8. The maximum Gasteiger partial charge on any atom is 0.258 e. The largest absolute Gasteiger partial charge is 0.324 e. The van der Waals surface area contributed by atoms with E-state index in [0.717, 1.165) is 21.9 Å². The van der Waals surface area contributed by atoms with Crippen molar-refractivity contribution < 1.29 is 4.79 Å². The van der Waals surface area contributed by atoms with Crippen molar-refractivity contribution in [3.63, 3.8) is 0 Å². The van der Waals surface area contributed by atoms with Crippen molar-refractivity contribution in [3.8, 4) is 11.4 Å². The molecule has 0 saturated heterocycles. The number of pyridine rings is 2. The molecule has 0 saturated carbocycles. The molecular weight excluding hydrogens is 350 g/mol. The van der Waals surface area contributed by atoms with Crippen LogP contribution in [-0.4, -0.2) is 25.8 Å². The molecule has 0 radical (unpaired) electrons. The van der Waals surface area contributed by atoms with E-state index in [0.29, 0.717) is 22.9 Å². The summed E-state index contributed by atoms with van der Waals surface area (Å²) in [7, 11) is 0. The minimum atomic E-state index is -0.255. The third kappa shape index (κ3) is 2.87. The van der Waals surface area contributed by atoms with Gasteiger partial charge in [0.15, 0.2) is 0 Å². The van der Waals surface area contributed by atoms with Crippen LogP contribution in [0.3, 0.4) is 0 Å². The van der Waals surface area contributed by atoms with E-state index >= 15 is 0 Å². The van der Waals surface area contributed by atoms with Gasteiger partial charge < -0.3 is 4.98 Å². The molecule has 5 rings (SSSR count). The SMILES string of the molecule is O=C(Nc1nc2ccccc2[nH]1)c1cc(-c2ccccn2)nc2ccccc12. The van der Waals surface area contributed by atoms with Crippen molar-refractivity contribution in [2.45, 2.75) is 0 Å². The molecule has 0 spiro atoms. The molecule has 0 aliphatic heterocycles. The van der Waals surface area contributed by atoms with Gasteiger partial charge in [-0.25, -0.2) is 9.97 Å². The van der Waals surface area contributed by atoms with Gasteiger partial charge >= 0.3 is 0 Å². The second-order valence-electron chi connectivity index (χ2n) is 6.34.